The topological polar surface area (TPSA) is 103 Å². The average Bonchev–Trinajstić information content (AvgIpc) is 2.46. The fourth-order valence-corrected chi connectivity index (χ4v) is 1.50. The SMILES string of the molecule is CN(C)C(=O)NCCNCc1ccc(/C(N)=N/O)cc1. The van der Waals surface area contributed by atoms with Crippen molar-refractivity contribution in [3.05, 3.63) is 35.4 Å². The van der Waals surface area contributed by atoms with E-state index in [0.29, 0.717) is 25.2 Å². The molecule has 1 rings (SSSR count). The third kappa shape index (κ3) is 5.15. The Kier molecular flexibility index (Phi) is 6.31. The van der Waals surface area contributed by atoms with E-state index >= 15 is 0 Å². The molecular formula is C13H21N5O2. The minimum absolute atomic E-state index is 0.0934. The Bertz CT molecular complexity index is 456. The summed E-state index contributed by atoms with van der Waals surface area (Å²) in [5, 5.41) is 17.5. The van der Waals surface area contributed by atoms with Crippen molar-refractivity contribution in [2.24, 2.45) is 10.9 Å². The highest BCUT2D eigenvalue weighted by atomic mass is 16.4. The Hall–Kier alpha value is -2.28. The second-order valence-corrected chi connectivity index (χ2v) is 4.49. The largest absolute Gasteiger partial charge is 0.409 e. The Morgan fingerprint density at radius 3 is 2.50 bits per heavy atom. The van der Waals surface area contributed by atoms with Crippen LogP contribution in [0.2, 0.25) is 0 Å². The third-order valence-corrected chi connectivity index (χ3v) is 2.67. The Morgan fingerprint density at radius 2 is 1.95 bits per heavy atom. The quantitative estimate of drug-likeness (QED) is 0.195. The lowest BCUT2D eigenvalue weighted by atomic mass is 10.1. The van der Waals surface area contributed by atoms with E-state index in [4.69, 9.17) is 10.9 Å². The van der Waals surface area contributed by atoms with Gasteiger partial charge in [-0.2, -0.15) is 0 Å². The molecule has 0 bridgehead atoms. The molecule has 7 heteroatoms. The highest BCUT2D eigenvalue weighted by Crippen LogP contribution is 2.03. The number of urea groups is 1. The van der Waals surface area contributed by atoms with E-state index in [9.17, 15) is 4.79 Å². The number of nitrogens with two attached hydrogens (primary N) is 1. The van der Waals surface area contributed by atoms with Crippen LogP contribution < -0.4 is 16.4 Å². The summed E-state index contributed by atoms with van der Waals surface area (Å²) in [6.45, 7) is 1.94. The number of nitrogens with one attached hydrogen (secondary N) is 2. The molecule has 2 amide bonds. The van der Waals surface area contributed by atoms with Crippen LogP contribution in [0.15, 0.2) is 29.4 Å². The van der Waals surface area contributed by atoms with Gasteiger partial charge in [0.15, 0.2) is 5.84 Å². The number of hydrogen-bond donors (Lipinski definition) is 4. The van der Waals surface area contributed by atoms with Crippen molar-refractivity contribution in [2.75, 3.05) is 27.2 Å². The van der Waals surface area contributed by atoms with E-state index < -0.39 is 0 Å². The van der Waals surface area contributed by atoms with E-state index in [1.54, 1.807) is 26.2 Å². The minimum Gasteiger partial charge on any atom is -0.409 e. The van der Waals surface area contributed by atoms with Crippen LogP contribution in [-0.4, -0.2) is 49.2 Å². The zero-order chi connectivity index (χ0) is 15.0. The van der Waals surface area contributed by atoms with Crippen molar-refractivity contribution in [3.63, 3.8) is 0 Å². The van der Waals surface area contributed by atoms with E-state index in [-0.39, 0.29) is 11.9 Å². The number of benzene rings is 1. The van der Waals surface area contributed by atoms with Gasteiger partial charge in [0.1, 0.15) is 0 Å². The van der Waals surface area contributed by atoms with Gasteiger partial charge in [-0.1, -0.05) is 29.4 Å². The van der Waals surface area contributed by atoms with E-state index in [2.05, 4.69) is 15.8 Å². The molecule has 0 saturated heterocycles. The molecule has 0 aliphatic rings. The van der Waals surface area contributed by atoms with Crippen LogP contribution in [0.5, 0.6) is 0 Å². The molecule has 0 spiro atoms. The molecule has 1 aromatic carbocycles. The molecule has 7 nitrogen and oxygen atoms in total. The maximum Gasteiger partial charge on any atom is 0.316 e. The molecule has 0 aliphatic heterocycles. The van der Waals surface area contributed by atoms with Crippen LogP contribution in [0.4, 0.5) is 4.79 Å². The van der Waals surface area contributed by atoms with Crippen LogP contribution >= 0.6 is 0 Å². The number of amidine groups is 1. The lowest BCUT2D eigenvalue weighted by Crippen LogP contribution is -2.38. The molecular weight excluding hydrogens is 258 g/mol. The van der Waals surface area contributed by atoms with Crippen molar-refractivity contribution >= 4 is 11.9 Å². The standard InChI is InChI=1S/C13H21N5O2/c1-18(2)13(19)16-8-7-15-9-10-3-5-11(6-4-10)12(14)17-20/h3-6,15,20H,7-9H2,1-2H3,(H2,14,17)(H,16,19). The van der Waals surface area contributed by atoms with Crippen LogP contribution in [-0.2, 0) is 6.54 Å². The maximum absolute atomic E-state index is 11.2. The summed E-state index contributed by atoms with van der Waals surface area (Å²) in [6.07, 6.45) is 0. The Balaban J connectivity index is 2.27. The molecule has 20 heavy (non-hydrogen) atoms. The summed E-state index contributed by atoms with van der Waals surface area (Å²) in [5.41, 5.74) is 7.23. The summed E-state index contributed by atoms with van der Waals surface area (Å²) in [4.78, 5) is 12.7. The predicted molar refractivity (Wildman–Crippen MR) is 77.7 cm³/mol. The Labute approximate surface area is 118 Å². The smallest absolute Gasteiger partial charge is 0.316 e. The highest BCUT2D eigenvalue weighted by Gasteiger charge is 2.01. The minimum atomic E-state index is -0.102. The molecule has 0 unspecified atom stereocenters. The van der Waals surface area contributed by atoms with Gasteiger partial charge in [-0.25, -0.2) is 4.79 Å². The molecule has 0 heterocycles. The lowest BCUT2D eigenvalue weighted by molar-refractivity contribution is 0.217. The lowest BCUT2D eigenvalue weighted by Gasteiger charge is -2.12. The van der Waals surface area contributed by atoms with Crippen LogP contribution in [0.1, 0.15) is 11.1 Å². The first-order valence-electron chi connectivity index (χ1n) is 6.27. The van der Waals surface area contributed by atoms with E-state index in [1.165, 1.54) is 4.90 Å². The van der Waals surface area contributed by atoms with Gasteiger partial charge < -0.3 is 26.5 Å². The molecule has 0 saturated carbocycles. The fourth-order valence-electron chi connectivity index (χ4n) is 1.50. The van der Waals surface area contributed by atoms with Crippen LogP contribution in [0, 0.1) is 0 Å². The van der Waals surface area contributed by atoms with Gasteiger partial charge in [0.05, 0.1) is 0 Å². The molecule has 0 radical (unpaired) electrons. The van der Waals surface area contributed by atoms with Gasteiger partial charge in [0, 0.05) is 39.3 Å². The summed E-state index contributed by atoms with van der Waals surface area (Å²) in [5.74, 6) is 0.0934. The van der Waals surface area contributed by atoms with Crippen LogP contribution in [0.25, 0.3) is 0 Å². The van der Waals surface area contributed by atoms with Gasteiger partial charge in [-0.15, -0.1) is 0 Å². The molecule has 1 aromatic rings. The third-order valence-electron chi connectivity index (χ3n) is 2.67. The maximum atomic E-state index is 11.2. The zero-order valence-electron chi connectivity index (χ0n) is 11.8. The van der Waals surface area contributed by atoms with Crippen molar-refractivity contribution in [1.29, 1.82) is 0 Å². The second-order valence-electron chi connectivity index (χ2n) is 4.49. The van der Waals surface area contributed by atoms with Gasteiger partial charge in [-0.05, 0) is 5.56 Å². The molecule has 0 fully saturated rings. The average molecular weight is 279 g/mol. The molecule has 0 aliphatic carbocycles. The number of amides is 2. The first-order chi connectivity index (χ1) is 9.54. The van der Waals surface area contributed by atoms with Crippen molar-refractivity contribution in [1.82, 2.24) is 15.5 Å². The first kappa shape index (κ1) is 15.8. The fraction of sp³-hybridized carbons (Fsp3) is 0.385. The summed E-state index contributed by atoms with van der Waals surface area (Å²) >= 11 is 0. The first-order valence-corrected chi connectivity index (χ1v) is 6.27. The summed E-state index contributed by atoms with van der Waals surface area (Å²) in [7, 11) is 3.40. The molecule has 110 valence electrons. The Morgan fingerprint density at radius 1 is 1.30 bits per heavy atom. The van der Waals surface area contributed by atoms with E-state index in [0.717, 1.165) is 5.56 Å². The van der Waals surface area contributed by atoms with Gasteiger partial charge in [-0.3, -0.25) is 0 Å². The zero-order valence-corrected chi connectivity index (χ0v) is 11.8. The number of carbonyl (C=O) groups excluding carboxylic acids is 1. The highest BCUT2D eigenvalue weighted by molar-refractivity contribution is 5.96. The van der Waals surface area contributed by atoms with Crippen molar-refractivity contribution in [2.45, 2.75) is 6.54 Å². The number of rotatable bonds is 6. The number of carbonyl (C=O) groups is 1. The van der Waals surface area contributed by atoms with E-state index in [1.807, 2.05) is 12.1 Å². The van der Waals surface area contributed by atoms with Gasteiger partial charge >= 0.3 is 6.03 Å². The summed E-state index contributed by atoms with van der Waals surface area (Å²) in [6, 6.07) is 7.28. The molecule has 5 N–H and O–H groups in total. The van der Waals surface area contributed by atoms with Crippen molar-refractivity contribution < 1.29 is 10.0 Å². The summed E-state index contributed by atoms with van der Waals surface area (Å²) < 4.78 is 0. The number of oxime groups is 1. The number of nitrogens with zero attached hydrogens (tertiary/aromatic N) is 2. The number of hydrogen-bond acceptors (Lipinski definition) is 4. The molecule has 0 aromatic heterocycles. The molecule has 0 atom stereocenters. The van der Waals surface area contributed by atoms with Gasteiger partial charge in [0.25, 0.3) is 0 Å². The predicted octanol–water partition coefficient (Wildman–Crippen LogP) is 0.142. The monoisotopic (exact) mass is 279 g/mol. The normalized spacial score (nSPS) is 11.2. The van der Waals surface area contributed by atoms with Gasteiger partial charge in [0.2, 0.25) is 0 Å². The van der Waals surface area contributed by atoms with Crippen molar-refractivity contribution in [3.8, 4) is 0 Å². The van der Waals surface area contributed by atoms with Crippen LogP contribution in [0.3, 0.4) is 0 Å². The second kappa shape index (κ2) is 8.00.